The Kier molecular flexibility index (Phi) is 3.84. The fraction of sp³-hybridized carbons (Fsp3) is 0.900. The van der Waals surface area contributed by atoms with E-state index in [0.29, 0.717) is 19.3 Å². The number of halogens is 2. The highest BCUT2D eigenvalue weighted by Gasteiger charge is 2.35. The zero-order valence-corrected chi connectivity index (χ0v) is 8.14. The molecule has 0 radical (unpaired) electrons. The Hall–Kier alpha value is -0.670. The van der Waals surface area contributed by atoms with Gasteiger partial charge in [0.1, 0.15) is 0 Å². The molecule has 1 rings (SSSR count). The molecule has 82 valence electrons. The van der Waals surface area contributed by atoms with Crippen LogP contribution in [0.1, 0.15) is 44.9 Å². The van der Waals surface area contributed by atoms with Crippen molar-refractivity contribution in [1.82, 2.24) is 0 Å². The molecule has 0 heterocycles. The van der Waals surface area contributed by atoms with Crippen LogP contribution in [0.2, 0.25) is 0 Å². The molecular formula is C10H16F2O2. The summed E-state index contributed by atoms with van der Waals surface area (Å²) in [5, 5.41) is 8.40. The second kappa shape index (κ2) is 4.71. The molecule has 14 heavy (non-hydrogen) atoms. The van der Waals surface area contributed by atoms with Gasteiger partial charge in [-0.15, -0.1) is 0 Å². The summed E-state index contributed by atoms with van der Waals surface area (Å²) in [5.74, 6) is -3.32. The van der Waals surface area contributed by atoms with Crippen molar-refractivity contribution >= 4 is 5.97 Å². The molecule has 0 spiro atoms. The van der Waals surface area contributed by atoms with Crippen LogP contribution >= 0.6 is 0 Å². The van der Waals surface area contributed by atoms with Gasteiger partial charge in [-0.2, -0.15) is 0 Å². The largest absolute Gasteiger partial charge is 0.481 e. The van der Waals surface area contributed by atoms with Gasteiger partial charge in [-0.1, -0.05) is 6.42 Å². The normalized spacial score (nSPS) is 26.0. The molecule has 1 aliphatic rings. The Labute approximate surface area is 82.3 Å². The maximum absolute atomic E-state index is 12.9. The van der Waals surface area contributed by atoms with E-state index in [2.05, 4.69) is 0 Å². The Bertz CT molecular complexity index is 204. The molecular weight excluding hydrogens is 190 g/mol. The SMILES string of the molecule is O=C(O)CCCC1CCCC(F)(F)C1. The first-order chi connectivity index (χ1) is 6.49. The fourth-order valence-electron chi connectivity index (χ4n) is 2.06. The zero-order valence-electron chi connectivity index (χ0n) is 8.14. The summed E-state index contributed by atoms with van der Waals surface area (Å²) in [7, 11) is 0. The minimum absolute atomic E-state index is 0.00241. The number of aliphatic carboxylic acids is 1. The van der Waals surface area contributed by atoms with E-state index in [9.17, 15) is 13.6 Å². The maximum atomic E-state index is 12.9. The highest BCUT2D eigenvalue weighted by atomic mass is 19.3. The average molecular weight is 206 g/mol. The van der Waals surface area contributed by atoms with Crippen LogP contribution < -0.4 is 0 Å². The number of hydrogen-bond donors (Lipinski definition) is 1. The van der Waals surface area contributed by atoms with Gasteiger partial charge in [-0.05, 0) is 25.2 Å². The monoisotopic (exact) mass is 206 g/mol. The fourth-order valence-corrected chi connectivity index (χ4v) is 2.06. The lowest BCUT2D eigenvalue weighted by atomic mass is 9.83. The number of carbonyl (C=O) groups is 1. The van der Waals surface area contributed by atoms with Gasteiger partial charge in [0.25, 0.3) is 0 Å². The highest BCUT2D eigenvalue weighted by Crippen LogP contribution is 2.38. The molecule has 1 unspecified atom stereocenters. The number of hydrogen-bond acceptors (Lipinski definition) is 1. The van der Waals surface area contributed by atoms with Gasteiger partial charge in [-0.3, -0.25) is 4.79 Å². The zero-order chi connectivity index (χ0) is 10.6. The lowest BCUT2D eigenvalue weighted by molar-refractivity contribution is -0.137. The van der Waals surface area contributed by atoms with Crippen molar-refractivity contribution in [2.24, 2.45) is 5.92 Å². The smallest absolute Gasteiger partial charge is 0.303 e. The van der Waals surface area contributed by atoms with Crippen molar-refractivity contribution in [2.75, 3.05) is 0 Å². The summed E-state index contributed by atoms with van der Waals surface area (Å²) in [5.41, 5.74) is 0. The Morgan fingerprint density at radius 3 is 2.79 bits per heavy atom. The predicted molar refractivity (Wildman–Crippen MR) is 48.4 cm³/mol. The Balaban J connectivity index is 2.21. The summed E-state index contributed by atoms with van der Waals surface area (Å²) in [6.07, 6.45) is 2.61. The van der Waals surface area contributed by atoms with Crippen molar-refractivity contribution < 1.29 is 18.7 Å². The van der Waals surface area contributed by atoms with Crippen LogP contribution in [0.25, 0.3) is 0 Å². The van der Waals surface area contributed by atoms with Crippen molar-refractivity contribution in [3.05, 3.63) is 0 Å². The molecule has 1 fully saturated rings. The van der Waals surface area contributed by atoms with Gasteiger partial charge >= 0.3 is 5.97 Å². The van der Waals surface area contributed by atoms with Crippen LogP contribution in [0.3, 0.4) is 0 Å². The third-order valence-electron chi connectivity index (χ3n) is 2.75. The molecule has 0 aromatic carbocycles. The molecule has 1 saturated carbocycles. The molecule has 4 heteroatoms. The summed E-state index contributed by atoms with van der Waals surface area (Å²) in [4.78, 5) is 10.2. The molecule has 0 bridgehead atoms. The Morgan fingerprint density at radius 1 is 1.50 bits per heavy atom. The quantitative estimate of drug-likeness (QED) is 0.767. The minimum atomic E-state index is -2.51. The number of alkyl halides is 2. The second-order valence-corrected chi connectivity index (χ2v) is 4.10. The maximum Gasteiger partial charge on any atom is 0.303 e. The van der Waals surface area contributed by atoms with Gasteiger partial charge in [0.05, 0.1) is 0 Å². The van der Waals surface area contributed by atoms with E-state index < -0.39 is 11.9 Å². The van der Waals surface area contributed by atoms with Crippen molar-refractivity contribution in [3.8, 4) is 0 Å². The van der Waals surface area contributed by atoms with E-state index in [1.807, 2.05) is 0 Å². The van der Waals surface area contributed by atoms with Crippen LogP contribution in [0.15, 0.2) is 0 Å². The van der Waals surface area contributed by atoms with E-state index in [-0.39, 0.29) is 25.2 Å². The van der Waals surface area contributed by atoms with E-state index in [0.717, 1.165) is 6.42 Å². The van der Waals surface area contributed by atoms with E-state index in [4.69, 9.17) is 5.11 Å². The van der Waals surface area contributed by atoms with Crippen LogP contribution in [0.5, 0.6) is 0 Å². The summed E-state index contributed by atoms with van der Waals surface area (Å²) >= 11 is 0. The van der Waals surface area contributed by atoms with E-state index in [1.54, 1.807) is 0 Å². The molecule has 0 amide bonds. The summed E-state index contributed by atoms with van der Waals surface area (Å²) in [6.45, 7) is 0. The van der Waals surface area contributed by atoms with Crippen LogP contribution in [0, 0.1) is 5.92 Å². The van der Waals surface area contributed by atoms with Crippen molar-refractivity contribution in [3.63, 3.8) is 0 Å². The number of rotatable bonds is 4. The molecule has 0 aromatic rings. The van der Waals surface area contributed by atoms with Crippen molar-refractivity contribution in [1.29, 1.82) is 0 Å². The van der Waals surface area contributed by atoms with Crippen LogP contribution in [0.4, 0.5) is 8.78 Å². The third kappa shape index (κ3) is 4.03. The van der Waals surface area contributed by atoms with Gasteiger partial charge in [0, 0.05) is 19.3 Å². The molecule has 1 aliphatic carbocycles. The molecule has 2 nitrogen and oxygen atoms in total. The molecule has 0 saturated heterocycles. The summed E-state index contributed by atoms with van der Waals surface area (Å²) in [6, 6.07) is 0. The summed E-state index contributed by atoms with van der Waals surface area (Å²) < 4.78 is 25.8. The lowest BCUT2D eigenvalue weighted by Crippen LogP contribution is -2.26. The molecule has 1 N–H and O–H groups in total. The molecule has 1 atom stereocenters. The van der Waals surface area contributed by atoms with Gasteiger partial charge in [-0.25, -0.2) is 8.78 Å². The topological polar surface area (TPSA) is 37.3 Å². The highest BCUT2D eigenvalue weighted by molar-refractivity contribution is 5.66. The van der Waals surface area contributed by atoms with Crippen LogP contribution in [-0.4, -0.2) is 17.0 Å². The van der Waals surface area contributed by atoms with E-state index >= 15 is 0 Å². The van der Waals surface area contributed by atoms with E-state index in [1.165, 1.54) is 0 Å². The van der Waals surface area contributed by atoms with Gasteiger partial charge < -0.3 is 5.11 Å². The van der Waals surface area contributed by atoms with Crippen LogP contribution in [-0.2, 0) is 4.79 Å². The number of carboxylic acid groups (broad SMARTS) is 1. The second-order valence-electron chi connectivity index (χ2n) is 4.10. The van der Waals surface area contributed by atoms with Gasteiger partial charge in [0.15, 0.2) is 0 Å². The number of carboxylic acids is 1. The average Bonchev–Trinajstić information content (AvgIpc) is 2.01. The standard InChI is InChI=1S/C10H16F2O2/c11-10(12)6-2-4-8(7-10)3-1-5-9(13)14/h8H,1-7H2,(H,13,14). The first kappa shape index (κ1) is 11.4. The minimum Gasteiger partial charge on any atom is -0.481 e. The third-order valence-corrected chi connectivity index (χ3v) is 2.75. The van der Waals surface area contributed by atoms with Gasteiger partial charge in [0.2, 0.25) is 5.92 Å². The predicted octanol–water partition coefficient (Wildman–Crippen LogP) is 3.07. The van der Waals surface area contributed by atoms with Crippen molar-refractivity contribution in [2.45, 2.75) is 50.9 Å². The first-order valence-electron chi connectivity index (χ1n) is 5.09. The Morgan fingerprint density at radius 2 is 2.21 bits per heavy atom. The lowest BCUT2D eigenvalue weighted by Gasteiger charge is -2.28. The molecule has 0 aliphatic heterocycles. The molecule has 0 aromatic heterocycles. The first-order valence-corrected chi connectivity index (χ1v) is 5.09.